The molecule has 0 radical (unpaired) electrons. The molecule has 34 heavy (non-hydrogen) atoms. The second kappa shape index (κ2) is 9.37. The fourth-order valence-electron chi connectivity index (χ4n) is 4.35. The summed E-state index contributed by atoms with van der Waals surface area (Å²) in [5.41, 5.74) is -2.23. The molecule has 9 heteroatoms. The van der Waals surface area contributed by atoms with Crippen LogP contribution in [0.5, 0.6) is 0 Å². The summed E-state index contributed by atoms with van der Waals surface area (Å²) in [7, 11) is 0. The molecule has 1 aromatic heterocycles. The Bertz CT molecular complexity index is 1280. The van der Waals surface area contributed by atoms with Gasteiger partial charge in [-0.2, -0.15) is 13.2 Å². The zero-order valence-electron chi connectivity index (χ0n) is 18.1. The van der Waals surface area contributed by atoms with Crippen LogP contribution in [0, 0.1) is 18.7 Å². The molecular weight excluding hydrogens is 516 g/mol. The molecule has 0 bridgehead atoms. The van der Waals surface area contributed by atoms with E-state index in [1.165, 1.54) is 25.1 Å². The van der Waals surface area contributed by atoms with Crippen molar-refractivity contribution in [2.45, 2.75) is 38.4 Å². The molecule has 0 aliphatic heterocycles. The molecule has 178 valence electrons. The number of pyridine rings is 1. The molecular formula is C25H21BrF4N2O2. The number of nitrogens with one attached hydrogen (secondary N) is 1. The Labute approximate surface area is 201 Å². The van der Waals surface area contributed by atoms with Gasteiger partial charge in [0.25, 0.3) is 11.5 Å². The molecule has 0 saturated heterocycles. The number of amides is 1. The van der Waals surface area contributed by atoms with Crippen LogP contribution in [0.4, 0.5) is 17.6 Å². The molecule has 4 nitrogen and oxygen atoms in total. The predicted molar refractivity (Wildman–Crippen MR) is 123 cm³/mol. The van der Waals surface area contributed by atoms with Crippen molar-refractivity contribution in [1.82, 2.24) is 9.88 Å². The van der Waals surface area contributed by atoms with Gasteiger partial charge >= 0.3 is 6.18 Å². The van der Waals surface area contributed by atoms with Crippen molar-refractivity contribution < 1.29 is 22.4 Å². The summed E-state index contributed by atoms with van der Waals surface area (Å²) in [5.74, 6) is -1.50. The van der Waals surface area contributed by atoms with Gasteiger partial charge < -0.3 is 5.32 Å². The van der Waals surface area contributed by atoms with E-state index in [4.69, 9.17) is 0 Å². The van der Waals surface area contributed by atoms with Crippen molar-refractivity contribution in [2.24, 2.45) is 5.92 Å². The number of hydrogen-bond donors (Lipinski definition) is 1. The highest BCUT2D eigenvalue weighted by Gasteiger charge is 2.42. The van der Waals surface area contributed by atoms with Crippen LogP contribution in [0.3, 0.4) is 0 Å². The molecule has 1 amide bonds. The lowest BCUT2D eigenvalue weighted by molar-refractivity contribution is -0.138. The van der Waals surface area contributed by atoms with Crippen LogP contribution in [0.2, 0.25) is 0 Å². The van der Waals surface area contributed by atoms with Crippen molar-refractivity contribution >= 4 is 21.8 Å². The normalized spacial score (nSPS) is 15.0. The third-order valence-electron chi connectivity index (χ3n) is 6.20. The molecule has 4 rings (SSSR count). The maximum atomic E-state index is 14.1. The number of benzene rings is 2. The summed E-state index contributed by atoms with van der Waals surface area (Å²) < 4.78 is 56.5. The fourth-order valence-corrected chi connectivity index (χ4v) is 4.95. The average Bonchev–Trinajstić information content (AvgIpc) is 2.74. The van der Waals surface area contributed by atoms with E-state index in [2.05, 4.69) is 21.2 Å². The predicted octanol–water partition coefficient (Wildman–Crippen LogP) is 6.34. The lowest BCUT2D eigenvalue weighted by Gasteiger charge is -2.35. The number of carbonyl (C=O) groups is 1. The summed E-state index contributed by atoms with van der Waals surface area (Å²) >= 11 is 2.81. The molecule has 1 heterocycles. The molecule has 1 atom stereocenters. The Balaban J connectivity index is 1.87. The summed E-state index contributed by atoms with van der Waals surface area (Å²) in [6.45, 7) is 1.31. The molecule has 1 unspecified atom stereocenters. The number of aromatic nitrogens is 1. The maximum Gasteiger partial charge on any atom is 0.418 e. The van der Waals surface area contributed by atoms with E-state index in [9.17, 15) is 27.2 Å². The number of halogens is 5. The van der Waals surface area contributed by atoms with Gasteiger partial charge in [0.15, 0.2) is 0 Å². The lowest BCUT2D eigenvalue weighted by atomic mass is 9.77. The van der Waals surface area contributed by atoms with Gasteiger partial charge in [0.1, 0.15) is 5.82 Å². The van der Waals surface area contributed by atoms with Gasteiger partial charge in [0.05, 0.1) is 21.6 Å². The number of hydrogen-bond acceptors (Lipinski definition) is 2. The molecule has 1 saturated carbocycles. The van der Waals surface area contributed by atoms with E-state index in [0.29, 0.717) is 11.3 Å². The second-order valence-electron chi connectivity index (χ2n) is 8.32. The van der Waals surface area contributed by atoms with Gasteiger partial charge in [0.2, 0.25) is 0 Å². The quantitative estimate of drug-likeness (QED) is 0.387. The summed E-state index contributed by atoms with van der Waals surface area (Å²) in [5, 5.41) is 2.72. The highest BCUT2D eigenvalue weighted by Crippen LogP contribution is 2.40. The number of para-hydroxylation sites is 1. The maximum absolute atomic E-state index is 14.1. The Kier molecular flexibility index (Phi) is 6.66. The largest absolute Gasteiger partial charge is 0.418 e. The zero-order chi connectivity index (χ0) is 24.6. The van der Waals surface area contributed by atoms with E-state index >= 15 is 0 Å². The molecule has 2 aromatic carbocycles. The summed E-state index contributed by atoms with van der Waals surface area (Å²) in [6, 6.07) is 13.2. The van der Waals surface area contributed by atoms with Crippen molar-refractivity contribution in [3.63, 3.8) is 0 Å². The van der Waals surface area contributed by atoms with Crippen molar-refractivity contribution in [3.8, 4) is 5.69 Å². The minimum atomic E-state index is -4.96. The van der Waals surface area contributed by atoms with Gasteiger partial charge in [-0.05, 0) is 71.4 Å². The van der Waals surface area contributed by atoms with Crippen LogP contribution in [0.25, 0.3) is 5.69 Å². The van der Waals surface area contributed by atoms with Crippen molar-refractivity contribution in [1.29, 1.82) is 0 Å². The SMILES string of the molecule is Cc1c(C(=O)NC(c2cccc(F)c2)C2CCC2)c(C(F)(F)F)c(Br)c(=O)n1-c1ccccc1. The second-order valence-corrected chi connectivity index (χ2v) is 9.11. The Morgan fingerprint density at radius 2 is 1.79 bits per heavy atom. The van der Waals surface area contributed by atoms with Crippen LogP contribution < -0.4 is 10.9 Å². The van der Waals surface area contributed by atoms with Crippen LogP contribution in [-0.4, -0.2) is 10.5 Å². The molecule has 0 spiro atoms. The third-order valence-corrected chi connectivity index (χ3v) is 6.93. The van der Waals surface area contributed by atoms with Crippen molar-refractivity contribution in [3.05, 3.63) is 97.6 Å². The number of carbonyl (C=O) groups excluding carboxylic acids is 1. The number of nitrogens with zero attached hydrogens (tertiary/aromatic N) is 1. The molecule has 3 aromatic rings. The standard InChI is InChI=1S/C25H21BrF4N2O2/c1-14-19(23(33)31-22(15-7-5-8-15)16-9-6-10-17(27)13-16)20(25(28,29)30)21(26)24(34)32(14)18-11-3-2-4-12-18/h2-4,6,9-13,15,22H,5,7-8H2,1H3,(H,31,33). The lowest BCUT2D eigenvalue weighted by Crippen LogP contribution is -2.39. The number of rotatable bonds is 5. The first-order valence-corrected chi connectivity index (χ1v) is 11.5. The molecule has 1 N–H and O–H groups in total. The van der Waals surface area contributed by atoms with Crippen LogP contribution in [0.1, 0.15) is 52.5 Å². The molecule has 1 fully saturated rings. The monoisotopic (exact) mass is 536 g/mol. The Morgan fingerprint density at radius 1 is 1.12 bits per heavy atom. The van der Waals surface area contributed by atoms with E-state index in [-0.39, 0.29) is 11.6 Å². The average molecular weight is 537 g/mol. The Morgan fingerprint density at radius 3 is 2.35 bits per heavy atom. The van der Waals surface area contributed by atoms with Crippen LogP contribution >= 0.6 is 15.9 Å². The van der Waals surface area contributed by atoms with Gasteiger partial charge in [-0.3, -0.25) is 14.2 Å². The smallest absolute Gasteiger partial charge is 0.345 e. The van der Waals surface area contributed by atoms with Crippen molar-refractivity contribution in [2.75, 3.05) is 0 Å². The van der Waals surface area contributed by atoms with Crippen LogP contribution in [-0.2, 0) is 6.18 Å². The van der Waals surface area contributed by atoms with Gasteiger partial charge in [-0.1, -0.05) is 36.8 Å². The van der Waals surface area contributed by atoms with E-state index in [0.717, 1.165) is 23.8 Å². The summed E-state index contributed by atoms with van der Waals surface area (Å²) in [6.07, 6.45) is -2.51. The van der Waals surface area contributed by atoms with E-state index in [1.807, 2.05) is 0 Å². The minimum Gasteiger partial charge on any atom is -0.345 e. The fraction of sp³-hybridized carbons (Fsp3) is 0.280. The first-order chi connectivity index (χ1) is 16.1. The minimum absolute atomic E-state index is 0.0242. The molecule has 1 aliphatic carbocycles. The Hall–Kier alpha value is -2.94. The van der Waals surface area contributed by atoms with E-state index < -0.39 is 45.1 Å². The van der Waals surface area contributed by atoms with E-state index in [1.54, 1.807) is 36.4 Å². The first kappa shape index (κ1) is 24.2. The van der Waals surface area contributed by atoms with Gasteiger partial charge in [-0.15, -0.1) is 0 Å². The van der Waals surface area contributed by atoms with Crippen LogP contribution in [0.15, 0.2) is 63.9 Å². The third kappa shape index (κ3) is 4.53. The molecule has 1 aliphatic rings. The van der Waals surface area contributed by atoms with Gasteiger partial charge in [-0.25, -0.2) is 4.39 Å². The number of alkyl halides is 3. The highest BCUT2D eigenvalue weighted by molar-refractivity contribution is 9.10. The first-order valence-electron chi connectivity index (χ1n) is 10.7. The highest BCUT2D eigenvalue weighted by atomic mass is 79.9. The van der Waals surface area contributed by atoms with Gasteiger partial charge in [0, 0.05) is 11.4 Å². The zero-order valence-corrected chi connectivity index (χ0v) is 19.7. The topological polar surface area (TPSA) is 51.1 Å². The summed E-state index contributed by atoms with van der Waals surface area (Å²) in [4.78, 5) is 26.4.